The van der Waals surface area contributed by atoms with E-state index in [9.17, 15) is 9.59 Å². The molecule has 1 amide bonds. The first-order valence-electron chi connectivity index (χ1n) is 8.22. The molecule has 0 N–H and O–H groups in total. The van der Waals surface area contributed by atoms with Crippen molar-refractivity contribution in [3.8, 4) is 0 Å². The van der Waals surface area contributed by atoms with Gasteiger partial charge in [0.1, 0.15) is 5.15 Å². The first-order valence-corrected chi connectivity index (χ1v) is 10.6. The average molecular weight is 480 g/mol. The molecule has 1 aromatic carbocycles. The van der Waals surface area contributed by atoms with Gasteiger partial charge in [-0.05, 0) is 18.6 Å². The average Bonchev–Trinajstić information content (AvgIpc) is 2.85. The number of anilines is 1. The quantitative estimate of drug-likeness (QED) is 0.413. The topological polar surface area (TPSA) is 59.5 Å². The number of carbonyl (C=O) groups is 2. The number of carbonyl (C=O) groups excluding carboxylic acids is 2. The normalized spacial score (nSPS) is 16.3. The highest BCUT2D eigenvalue weighted by atomic mass is 35.5. The first-order chi connectivity index (χ1) is 13.3. The van der Waals surface area contributed by atoms with Crippen LogP contribution in [0.3, 0.4) is 0 Å². The number of fused-ring (bicyclic) bond motifs is 1. The number of ether oxygens (including phenoxy) is 1. The van der Waals surface area contributed by atoms with E-state index in [4.69, 9.17) is 51.1 Å². The zero-order valence-electron chi connectivity index (χ0n) is 14.5. The summed E-state index contributed by atoms with van der Waals surface area (Å²) in [5.41, 5.74) is 0.501. The molecule has 1 aliphatic heterocycles. The van der Waals surface area contributed by atoms with Crippen LogP contribution in [0.2, 0.25) is 20.2 Å². The summed E-state index contributed by atoms with van der Waals surface area (Å²) in [7, 11) is 0. The molecule has 0 unspecified atom stereocenters. The molecular weight excluding hydrogens is 466 g/mol. The van der Waals surface area contributed by atoms with Gasteiger partial charge in [-0.25, -0.2) is 9.78 Å². The van der Waals surface area contributed by atoms with Crippen LogP contribution < -0.4 is 4.90 Å². The number of nitrogens with zero attached hydrogens (tertiary/aromatic N) is 2. The van der Waals surface area contributed by atoms with Crippen molar-refractivity contribution in [3.05, 3.63) is 50.2 Å². The van der Waals surface area contributed by atoms with Gasteiger partial charge in [-0.3, -0.25) is 4.79 Å². The highest BCUT2D eigenvalue weighted by molar-refractivity contribution is 8.00. The van der Waals surface area contributed by atoms with Crippen LogP contribution in [0, 0.1) is 0 Å². The van der Waals surface area contributed by atoms with Crippen LogP contribution in [0.25, 0.3) is 0 Å². The largest absolute Gasteiger partial charge is 0.451 e. The maximum Gasteiger partial charge on any atom is 0.359 e. The van der Waals surface area contributed by atoms with Crippen LogP contribution in [0.15, 0.2) is 29.2 Å². The number of hydrogen-bond acceptors (Lipinski definition) is 5. The fraction of sp³-hybridized carbons (Fsp3) is 0.278. The first kappa shape index (κ1) is 21.5. The Morgan fingerprint density at radius 1 is 1.18 bits per heavy atom. The second-order valence-electron chi connectivity index (χ2n) is 6.00. The van der Waals surface area contributed by atoms with Crippen LogP contribution >= 0.6 is 58.2 Å². The van der Waals surface area contributed by atoms with Gasteiger partial charge in [0.25, 0.3) is 5.91 Å². The van der Waals surface area contributed by atoms with Crippen LogP contribution in [0.4, 0.5) is 5.69 Å². The number of aromatic nitrogens is 1. The zero-order valence-corrected chi connectivity index (χ0v) is 18.4. The lowest BCUT2D eigenvalue weighted by Crippen LogP contribution is -2.36. The summed E-state index contributed by atoms with van der Waals surface area (Å²) >= 11 is 25.3. The number of pyridine rings is 1. The molecule has 0 aliphatic carbocycles. The number of esters is 1. The zero-order chi connectivity index (χ0) is 20.4. The van der Waals surface area contributed by atoms with Gasteiger partial charge in [0.05, 0.1) is 20.8 Å². The van der Waals surface area contributed by atoms with Gasteiger partial charge in [-0.2, -0.15) is 0 Å². The molecule has 0 fully saturated rings. The smallest absolute Gasteiger partial charge is 0.359 e. The number of thioether (sulfide) groups is 1. The third-order valence-electron chi connectivity index (χ3n) is 4.05. The third-order valence-corrected chi connectivity index (χ3v) is 6.96. The monoisotopic (exact) mass is 478 g/mol. The highest BCUT2D eigenvalue weighted by Crippen LogP contribution is 2.38. The Morgan fingerprint density at radius 2 is 1.89 bits per heavy atom. The molecule has 0 saturated heterocycles. The van der Waals surface area contributed by atoms with Crippen LogP contribution in [0.5, 0.6) is 0 Å². The van der Waals surface area contributed by atoms with Gasteiger partial charge in [-0.15, -0.1) is 11.8 Å². The molecule has 0 saturated carbocycles. The van der Waals surface area contributed by atoms with E-state index in [0.29, 0.717) is 11.8 Å². The van der Waals surface area contributed by atoms with Crippen molar-refractivity contribution in [1.82, 2.24) is 4.98 Å². The Kier molecular flexibility index (Phi) is 6.99. The van der Waals surface area contributed by atoms with Gasteiger partial charge in [-0.1, -0.05) is 65.5 Å². The molecule has 2 aromatic rings. The number of hydrogen-bond donors (Lipinski definition) is 0. The molecule has 3 rings (SSSR count). The lowest BCUT2D eigenvalue weighted by molar-refractivity contribution is -0.121. The number of para-hydroxylation sites is 1. The van der Waals surface area contributed by atoms with Gasteiger partial charge >= 0.3 is 5.97 Å². The summed E-state index contributed by atoms with van der Waals surface area (Å²) in [5, 5.41) is -0.161. The summed E-state index contributed by atoms with van der Waals surface area (Å²) in [6, 6.07) is 7.63. The lowest BCUT2D eigenvalue weighted by Gasteiger charge is -2.22. The van der Waals surface area contributed by atoms with Gasteiger partial charge in [0, 0.05) is 16.7 Å². The van der Waals surface area contributed by atoms with E-state index < -0.39 is 12.6 Å². The molecule has 28 heavy (non-hydrogen) atoms. The summed E-state index contributed by atoms with van der Waals surface area (Å²) in [4.78, 5) is 31.5. The van der Waals surface area contributed by atoms with Crippen molar-refractivity contribution in [2.45, 2.75) is 23.5 Å². The maximum atomic E-state index is 12.7. The van der Waals surface area contributed by atoms with E-state index in [2.05, 4.69) is 11.9 Å². The van der Waals surface area contributed by atoms with E-state index in [1.165, 1.54) is 0 Å². The molecule has 0 radical (unpaired) electrons. The van der Waals surface area contributed by atoms with E-state index in [1.807, 2.05) is 24.3 Å². The van der Waals surface area contributed by atoms with E-state index in [1.54, 1.807) is 16.7 Å². The van der Waals surface area contributed by atoms with Crippen molar-refractivity contribution >= 4 is 75.7 Å². The van der Waals surface area contributed by atoms with Crippen molar-refractivity contribution in [3.63, 3.8) is 0 Å². The van der Waals surface area contributed by atoms with Gasteiger partial charge < -0.3 is 9.64 Å². The predicted molar refractivity (Wildman–Crippen MR) is 113 cm³/mol. The third kappa shape index (κ3) is 4.52. The molecule has 10 heteroatoms. The Bertz CT molecular complexity index is 941. The number of halogens is 4. The van der Waals surface area contributed by atoms with Crippen LogP contribution in [-0.4, -0.2) is 35.3 Å². The van der Waals surface area contributed by atoms with Gasteiger partial charge in [0.15, 0.2) is 12.3 Å². The number of rotatable bonds is 3. The molecule has 0 bridgehead atoms. The molecular formula is C18H14Cl4N2O3S. The predicted octanol–water partition coefficient (Wildman–Crippen LogP) is 5.77. The Labute approximate surface area is 186 Å². The minimum Gasteiger partial charge on any atom is -0.451 e. The van der Waals surface area contributed by atoms with Crippen molar-refractivity contribution in [2.24, 2.45) is 0 Å². The molecule has 5 nitrogen and oxygen atoms in total. The number of amides is 1. The lowest BCUT2D eigenvalue weighted by atomic mass is 10.2. The molecule has 1 aliphatic rings. The Morgan fingerprint density at radius 3 is 2.64 bits per heavy atom. The van der Waals surface area contributed by atoms with Crippen LogP contribution in [0.1, 0.15) is 23.8 Å². The van der Waals surface area contributed by atoms with Crippen molar-refractivity contribution in [1.29, 1.82) is 0 Å². The van der Waals surface area contributed by atoms with E-state index in [0.717, 1.165) is 17.0 Å². The van der Waals surface area contributed by atoms with Crippen molar-refractivity contribution in [2.75, 3.05) is 18.1 Å². The second-order valence-corrected chi connectivity index (χ2v) is 8.97. The van der Waals surface area contributed by atoms with Crippen LogP contribution in [-0.2, 0) is 9.53 Å². The minimum atomic E-state index is -0.912. The van der Waals surface area contributed by atoms with Gasteiger partial charge in [0.2, 0.25) is 0 Å². The standard InChI is InChI=1S/C18H14Cl4N2O3S/c1-9-6-7-24(10-4-2-3-5-11(10)28-9)12(25)8-27-18(26)16-14(20)13(19)15(21)17(22)23-16/h2-5,9H,6-8H2,1H3/t9-/m0/s1. The summed E-state index contributed by atoms with van der Waals surface area (Å²) in [6.45, 7) is 2.17. The Balaban J connectivity index is 1.75. The summed E-state index contributed by atoms with van der Waals surface area (Å²) < 4.78 is 5.11. The molecule has 1 aromatic heterocycles. The molecule has 0 spiro atoms. The summed E-state index contributed by atoms with van der Waals surface area (Å²) in [5.74, 6) is -1.26. The van der Waals surface area contributed by atoms with E-state index in [-0.39, 0.29) is 31.8 Å². The minimum absolute atomic E-state index is 0.0613. The molecule has 1 atom stereocenters. The summed E-state index contributed by atoms with van der Waals surface area (Å²) in [6.07, 6.45) is 0.814. The molecule has 2 heterocycles. The Hall–Kier alpha value is -1.18. The fourth-order valence-electron chi connectivity index (χ4n) is 2.64. The highest BCUT2D eigenvalue weighted by Gasteiger charge is 2.26. The fourth-order valence-corrected chi connectivity index (χ4v) is 4.56. The SMILES string of the molecule is C[C@H]1CCN(C(=O)COC(=O)c2nc(Cl)c(Cl)c(Cl)c2Cl)c2ccccc2S1. The number of benzene rings is 1. The van der Waals surface area contributed by atoms with E-state index >= 15 is 0 Å². The second kappa shape index (κ2) is 9.09. The maximum absolute atomic E-state index is 12.7. The van der Waals surface area contributed by atoms with Crippen molar-refractivity contribution < 1.29 is 14.3 Å². The molecule has 148 valence electrons.